The quantitative estimate of drug-likeness (QED) is 0.528. The van der Waals surface area contributed by atoms with Gasteiger partial charge in [-0.25, -0.2) is 4.98 Å². The zero-order valence-electron chi connectivity index (χ0n) is 13.7. The van der Waals surface area contributed by atoms with E-state index < -0.39 is 0 Å². The number of aromatic nitrogens is 4. The average molecular weight is 346 g/mol. The number of rotatable bonds is 4. The normalized spacial score (nSPS) is 14.5. The van der Waals surface area contributed by atoms with Crippen LogP contribution in [0.15, 0.2) is 53.3 Å². The van der Waals surface area contributed by atoms with E-state index in [4.69, 9.17) is 9.15 Å². The maximum Gasteiger partial charge on any atom is 0.227 e. The molecule has 4 heterocycles. The molecule has 0 atom stereocenters. The zero-order chi connectivity index (χ0) is 17.5. The van der Waals surface area contributed by atoms with E-state index >= 15 is 0 Å². The van der Waals surface area contributed by atoms with Gasteiger partial charge in [0.15, 0.2) is 11.9 Å². The van der Waals surface area contributed by atoms with Crippen LogP contribution in [0.5, 0.6) is 0 Å². The highest BCUT2D eigenvalue weighted by Crippen LogP contribution is 2.29. The van der Waals surface area contributed by atoms with Gasteiger partial charge in [-0.3, -0.25) is 14.5 Å². The number of nitrogens with zero attached hydrogens (tertiary/aromatic N) is 4. The van der Waals surface area contributed by atoms with Crippen molar-refractivity contribution in [3.63, 3.8) is 0 Å². The number of benzene rings is 1. The molecule has 0 amide bonds. The summed E-state index contributed by atoms with van der Waals surface area (Å²) in [5.41, 5.74) is 4.55. The van der Waals surface area contributed by atoms with Gasteiger partial charge in [0.1, 0.15) is 11.2 Å². The molecular formula is C19H14N4O3. The summed E-state index contributed by atoms with van der Waals surface area (Å²) in [6, 6.07) is 9.60. The van der Waals surface area contributed by atoms with Crippen molar-refractivity contribution in [1.29, 1.82) is 0 Å². The van der Waals surface area contributed by atoms with Crippen molar-refractivity contribution in [2.24, 2.45) is 0 Å². The van der Waals surface area contributed by atoms with E-state index in [1.54, 1.807) is 18.3 Å². The number of fused-ring (bicyclic) bond motifs is 1. The van der Waals surface area contributed by atoms with Gasteiger partial charge in [-0.2, -0.15) is 5.10 Å². The molecule has 1 aliphatic rings. The summed E-state index contributed by atoms with van der Waals surface area (Å²) in [6.45, 7) is 1.42. The van der Waals surface area contributed by atoms with Gasteiger partial charge in [0.05, 0.1) is 25.5 Å². The zero-order valence-corrected chi connectivity index (χ0v) is 13.7. The maximum atomic E-state index is 10.9. The van der Waals surface area contributed by atoms with Crippen LogP contribution in [0.3, 0.4) is 0 Å². The Morgan fingerprint density at radius 2 is 2.04 bits per heavy atom. The SMILES string of the molecule is O=Cc1cc(-c2nc3cc(-c4cnn(C5COC5)c4)ccc3o2)ccn1. The number of hydrogen-bond donors (Lipinski definition) is 0. The third-order valence-electron chi connectivity index (χ3n) is 4.47. The molecule has 0 radical (unpaired) electrons. The Morgan fingerprint density at radius 1 is 1.12 bits per heavy atom. The first-order valence-corrected chi connectivity index (χ1v) is 8.24. The minimum Gasteiger partial charge on any atom is -0.436 e. The molecule has 0 bridgehead atoms. The molecule has 4 aromatic rings. The molecule has 0 saturated carbocycles. The van der Waals surface area contributed by atoms with E-state index in [1.165, 1.54) is 0 Å². The Hall–Kier alpha value is -3.32. The molecule has 5 rings (SSSR count). The van der Waals surface area contributed by atoms with Crippen molar-refractivity contribution in [1.82, 2.24) is 19.7 Å². The standard InChI is InChI=1S/C19H14N4O3/c24-9-15-5-13(3-4-20-15)19-22-17-6-12(1-2-18(17)26-19)14-7-21-23(8-14)16-10-25-11-16/h1-9,16H,10-11H2. The fraction of sp³-hybridized carbons (Fsp3) is 0.158. The van der Waals surface area contributed by atoms with E-state index in [-0.39, 0.29) is 0 Å². The Kier molecular flexibility index (Phi) is 3.39. The highest BCUT2D eigenvalue weighted by atomic mass is 16.5. The molecule has 26 heavy (non-hydrogen) atoms. The molecule has 7 nitrogen and oxygen atoms in total. The third kappa shape index (κ3) is 2.49. The number of hydrogen-bond acceptors (Lipinski definition) is 6. The van der Waals surface area contributed by atoms with Gasteiger partial charge < -0.3 is 9.15 Å². The molecule has 1 saturated heterocycles. The highest BCUT2D eigenvalue weighted by Gasteiger charge is 2.21. The Balaban J connectivity index is 1.51. The van der Waals surface area contributed by atoms with E-state index in [9.17, 15) is 4.79 Å². The van der Waals surface area contributed by atoms with Gasteiger partial charge >= 0.3 is 0 Å². The second-order valence-electron chi connectivity index (χ2n) is 6.19. The lowest BCUT2D eigenvalue weighted by atomic mass is 10.1. The van der Waals surface area contributed by atoms with Crippen LogP contribution in [0.4, 0.5) is 0 Å². The van der Waals surface area contributed by atoms with Gasteiger partial charge in [0, 0.05) is 23.5 Å². The third-order valence-corrected chi connectivity index (χ3v) is 4.47. The van der Waals surface area contributed by atoms with Crippen LogP contribution in [-0.2, 0) is 4.74 Å². The van der Waals surface area contributed by atoms with E-state index in [0.717, 1.165) is 22.2 Å². The first kappa shape index (κ1) is 15.0. The maximum absolute atomic E-state index is 10.9. The topological polar surface area (TPSA) is 83.0 Å². The lowest BCUT2D eigenvalue weighted by Crippen LogP contribution is -2.30. The number of carbonyl (C=O) groups excluding carboxylic acids is 1. The molecule has 0 aliphatic carbocycles. The van der Waals surface area contributed by atoms with Crippen LogP contribution in [0, 0.1) is 0 Å². The van der Waals surface area contributed by atoms with Crippen molar-refractivity contribution < 1.29 is 13.9 Å². The summed E-state index contributed by atoms with van der Waals surface area (Å²) < 4.78 is 13.0. The molecule has 1 aliphatic heterocycles. The summed E-state index contributed by atoms with van der Waals surface area (Å²) in [6.07, 6.45) is 6.14. The van der Waals surface area contributed by atoms with E-state index in [1.807, 2.05) is 35.3 Å². The number of ether oxygens (including phenoxy) is 1. The number of pyridine rings is 1. The van der Waals surface area contributed by atoms with Crippen LogP contribution in [0.25, 0.3) is 33.7 Å². The second-order valence-corrected chi connectivity index (χ2v) is 6.19. The van der Waals surface area contributed by atoms with Crippen LogP contribution >= 0.6 is 0 Å². The molecule has 128 valence electrons. The molecule has 0 unspecified atom stereocenters. The van der Waals surface area contributed by atoms with Crippen LogP contribution < -0.4 is 0 Å². The van der Waals surface area contributed by atoms with Crippen LogP contribution in [0.1, 0.15) is 16.5 Å². The number of carbonyl (C=O) groups is 1. The van der Waals surface area contributed by atoms with Gasteiger partial charge in [-0.05, 0) is 29.8 Å². The summed E-state index contributed by atoms with van der Waals surface area (Å²) in [5, 5.41) is 4.42. The van der Waals surface area contributed by atoms with Crippen molar-refractivity contribution in [3.05, 3.63) is 54.6 Å². The van der Waals surface area contributed by atoms with Crippen molar-refractivity contribution in [3.8, 4) is 22.6 Å². The first-order chi connectivity index (χ1) is 12.8. The Morgan fingerprint density at radius 3 is 2.85 bits per heavy atom. The van der Waals surface area contributed by atoms with Gasteiger partial charge in [-0.15, -0.1) is 0 Å². The monoisotopic (exact) mass is 346 g/mol. The number of aldehydes is 1. The molecular weight excluding hydrogens is 332 g/mol. The summed E-state index contributed by atoms with van der Waals surface area (Å²) in [5.74, 6) is 0.463. The molecule has 0 N–H and O–H groups in total. The van der Waals surface area contributed by atoms with Crippen molar-refractivity contribution in [2.75, 3.05) is 13.2 Å². The number of oxazole rings is 1. The minimum absolute atomic E-state index is 0.324. The first-order valence-electron chi connectivity index (χ1n) is 8.24. The summed E-state index contributed by atoms with van der Waals surface area (Å²) in [7, 11) is 0. The predicted octanol–water partition coefficient (Wildman–Crippen LogP) is 3.14. The lowest BCUT2D eigenvalue weighted by Gasteiger charge is -2.25. The Bertz CT molecular complexity index is 1110. The smallest absolute Gasteiger partial charge is 0.227 e. The largest absolute Gasteiger partial charge is 0.436 e. The van der Waals surface area contributed by atoms with Crippen LogP contribution in [0.2, 0.25) is 0 Å². The van der Waals surface area contributed by atoms with Crippen molar-refractivity contribution >= 4 is 17.4 Å². The van der Waals surface area contributed by atoms with Gasteiger partial charge in [0.25, 0.3) is 0 Å². The second kappa shape index (κ2) is 5.89. The molecule has 1 aromatic carbocycles. The molecule has 0 spiro atoms. The average Bonchev–Trinajstić information content (AvgIpc) is 3.26. The summed E-state index contributed by atoms with van der Waals surface area (Å²) >= 11 is 0. The fourth-order valence-corrected chi connectivity index (χ4v) is 2.94. The minimum atomic E-state index is 0.324. The van der Waals surface area contributed by atoms with E-state index in [2.05, 4.69) is 15.1 Å². The van der Waals surface area contributed by atoms with Crippen molar-refractivity contribution in [2.45, 2.75) is 6.04 Å². The van der Waals surface area contributed by atoms with Gasteiger partial charge in [-0.1, -0.05) is 6.07 Å². The molecule has 7 heteroatoms. The van der Waals surface area contributed by atoms with E-state index in [0.29, 0.717) is 42.7 Å². The molecule has 3 aromatic heterocycles. The highest BCUT2D eigenvalue weighted by molar-refractivity contribution is 5.82. The fourth-order valence-electron chi connectivity index (χ4n) is 2.94. The predicted molar refractivity (Wildman–Crippen MR) is 93.7 cm³/mol. The molecule has 1 fully saturated rings. The van der Waals surface area contributed by atoms with Gasteiger partial charge in [0.2, 0.25) is 5.89 Å². The summed E-state index contributed by atoms with van der Waals surface area (Å²) in [4.78, 5) is 19.4. The van der Waals surface area contributed by atoms with Crippen LogP contribution in [-0.4, -0.2) is 39.2 Å². The lowest BCUT2D eigenvalue weighted by molar-refractivity contribution is -0.0286. The Labute approximate surface area is 148 Å².